The standard InChI is InChI=1S/C12H12FNO3/c1-2-3-4-11(15)14-8-5-6-10(13)9(7-8)12(16)17/h2,5-7H,1,3-4H2,(H,14,15)(H,16,17). The van der Waals surface area contributed by atoms with Crippen LogP contribution in [0.15, 0.2) is 30.9 Å². The van der Waals surface area contributed by atoms with Crippen molar-refractivity contribution in [3.05, 3.63) is 42.2 Å². The van der Waals surface area contributed by atoms with Gasteiger partial charge in [0.25, 0.3) is 0 Å². The monoisotopic (exact) mass is 237 g/mol. The van der Waals surface area contributed by atoms with Crippen molar-refractivity contribution in [2.75, 3.05) is 5.32 Å². The van der Waals surface area contributed by atoms with E-state index in [1.54, 1.807) is 6.08 Å². The molecule has 0 fully saturated rings. The van der Waals surface area contributed by atoms with Gasteiger partial charge in [-0.05, 0) is 24.6 Å². The summed E-state index contributed by atoms with van der Waals surface area (Å²) in [6.45, 7) is 3.48. The van der Waals surface area contributed by atoms with Crippen molar-refractivity contribution in [2.45, 2.75) is 12.8 Å². The highest BCUT2D eigenvalue weighted by atomic mass is 19.1. The Hall–Kier alpha value is -2.17. The zero-order valence-corrected chi connectivity index (χ0v) is 9.07. The lowest BCUT2D eigenvalue weighted by molar-refractivity contribution is -0.116. The minimum absolute atomic E-state index is 0.253. The molecular formula is C12H12FNO3. The first-order valence-electron chi connectivity index (χ1n) is 4.98. The van der Waals surface area contributed by atoms with Crippen LogP contribution in [0.3, 0.4) is 0 Å². The lowest BCUT2D eigenvalue weighted by atomic mass is 10.2. The molecule has 0 radical (unpaired) electrons. The second-order valence-electron chi connectivity index (χ2n) is 3.38. The number of carbonyl (C=O) groups excluding carboxylic acids is 1. The lowest BCUT2D eigenvalue weighted by Gasteiger charge is -2.05. The molecule has 1 aromatic rings. The van der Waals surface area contributed by atoms with Gasteiger partial charge in [-0.3, -0.25) is 4.79 Å². The maximum atomic E-state index is 13.1. The van der Waals surface area contributed by atoms with Gasteiger partial charge in [0.1, 0.15) is 5.82 Å². The zero-order chi connectivity index (χ0) is 12.8. The molecule has 4 nitrogen and oxygen atoms in total. The molecule has 0 aliphatic carbocycles. The fraction of sp³-hybridized carbons (Fsp3) is 0.167. The Morgan fingerprint density at radius 2 is 2.18 bits per heavy atom. The van der Waals surface area contributed by atoms with Crippen molar-refractivity contribution >= 4 is 17.6 Å². The van der Waals surface area contributed by atoms with Crippen molar-refractivity contribution in [3.8, 4) is 0 Å². The molecule has 2 N–H and O–H groups in total. The molecule has 0 spiro atoms. The molecule has 0 saturated carbocycles. The Labute approximate surface area is 97.8 Å². The Morgan fingerprint density at radius 3 is 2.76 bits per heavy atom. The largest absolute Gasteiger partial charge is 0.478 e. The number of hydrogen-bond donors (Lipinski definition) is 2. The average molecular weight is 237 g/mol. The molecule has 1 aromatic carbocycles. The highest BCUT2D eigenvalue weighted by Gasteiger charge is 2.11. The maximum absolute atomic E-state index is 13.1. The van der Waals surface area contributed by atoms with E-state index in [9.17, 15) is 14.0 Å². The van der Waals surface area contributed by atoms with E-state index in [1.807, 2.05) is 0 Å². The number of halogens is 1. The van der Waals surface area contributed by atoms with Gasteiger partial charge in [0.2, 0.25) is 5.91 Å². The van der Waals surface area contributed by atoms with E-state index in [2.05, 4.69) is 11.9 Å². The van der Waals surface area contributed by atoms with Crippen LogP contribution in [0.5, 0.6) is 0 Å². The van der Waals surface area contributed by atoms with Crippen LogP contribution in [0.1, 0.15) is 23.2 Å². The first kappa shape index (κ1) is 12.9. The van der Waals surface area contributed by atoms with Crippen LogP contribution in [-0.2, 0) is 4.79 Å². The number of carbonyl (C=O) groups is 2. The SMILES string of the molecule is C=CCCC(=O)Nc1ccc(F)c(C(=O)O)c1. The summed E-state index contributed by atoms with van der Waals surface area (Å²) in [5.74, 6) is -2.47. The molecule has 1 rings (SSSR count). The third-order valence-electron chi connectivity index (χ3n) is 2.06. The summed E-state index contributed by atoms with van der Waals surface area (Å²) in [5, 5.41) is 11.2. The predicted molar refractivity (Wildman–Crippen MR) is 61.4 cm³/mol. The number of nitrogens with one attached hydrogen (secondary N) is 1. The number of aromatic carboxylic acids is 1. The van der Waals surface area contributed by atoms with Gasteiger partial charge in [-0.25, -0.2) is 9.18 Å². The number of anilines is 1. The number of benzene rings is 1. The van der Waals surface area contributed by atoms with Gasteiger partial charge >= 0.3 is 5.97 Å². The summed E-state index contributed by atoms with van der Waals surface area (Å²) in [4.78, 5) is 22.0. The van der Waals surface area contributed by atoms with Crippen molar-refractivity contribution in [1.29, 1.82) is 0 Å². The fourth-order valence-electron chi connectivity index (χ4n) is 1.22. The molecule has 0 aliphatic rings. The van der Waals surface area contributed by atoms with Crippen LogP contribution >= 0.6 is 0 Å². The molecule has 0 unspecified atom stereocenters. The Kier molecular flexibility index (Phi) is 4.39. The van der Waals surface area contributed by atoms with Gasteiger partial charge < -0.3 is 10.4 Å². The smallest absolute Gasteiger partial charge is 0.338 e. The fourth-order valence-corrected chi connectivity index (χ4v) is 1.22. The van der Waals surface area contributed by atoms with Crippen LogP contribution < -0.4 is 5.32 Å². The van der Waals surface area contributed by atoms with Crippen molar-refractivity contribution in [1.82, 2.24) is 0 Å². The first-order chi connectivity index (χ1) is 8.04. The average Bonchev–Trinajstić information content (AvgIpc) is 2.28. The van der Waals surface area contributed by atoms with Crippen LogP contribution in [0, 0.1) is 5.82 Å². The summed E-state index contributed by atoms with van der Waals surface area (Å²) >= 11 is 0. The topological polar surface area (TPSA) is 66.4 Å². The first-order valence-corrected chi connectivity index (χ1v) is 4.98. The van der Waals surface area contributed by atoms with E-state index in [-0.39, 0.29) is 18.0 Å². The summed E-state index contributed by atoms with van der Waals surface area (Å²) in [6.07, 6.45) is 2.38. The van der Waals surface area contributed by atoms with Crippen molar-refractivity contribution in [3.63, 3.8) is 0 Å². The van der Waals surface area contributed by atoms with Gasteiger partial charge in [-0.2, -0.15) is 0 Å². The third kappa shape index (κ3) is 3.71. The van der Waals surface area contributed by atoms with E-state index in [0.29, 0.717) is 6.42 Å². The molecule has 0 heterocycles. The minimum atomic E-state index is -1.37. The number of carboxylic acids is 1. The molecule has 0 aliphatic heterocycles. The highest BCUT2D eigenvalue weighted by Crippen LogP contribution is 2.15. The van der Waals surface area contributed by atoms with Gasteiger partial charge in [0.15, 0.2) is 0 Å². The lowest BCUT2D eigenvalue weighted by Crippen LogP contribution is -2.12. The summed E-state index contributed by atoms with van der Waals surface area (Å²) in [5.41, 5.74) is -0.204. The second kappa shape index (κ2) is 5.79. The van der Waals surface area contributed by atoms with Gasteiger partial charge in [-0.1, -0.05) is 6.08 Å². The molecule has 0 atom stereocenters. The molecule has 0 bridgehead atoms. The van der Waals surface area contributed by atoms with Gasteiger partial charge in [-0.15, -0.1) is 6.58 Å². The molecule has 1 amide bonds. The number of carboxylic acid groups (broad SMARTS) is 1. The molecule has 5 heteroatoms. The van der Waals surface area contributed by atoms with E-state index >= 15 is 0 Å². The Balaban J connectivity index is 2.79. The second-order valence-corrected chi connectivity index (χ2v) is 3.38. The van der Waals surface area contributed by atoms with Crippen LogP contribution in [0.4, 0.5) is 10.1 Å². The molecule has 0 aromatic heterocycles. The van der Waals surface area contributed by atoms with E-state index in [0.717, 1.165) is 12.1 Å². The van der Waals surface area contributed by atoms with Crippen LogP contribution in [-0.4, -0.2) is 17.0 Å². The number of allylic oxidation sites excluding steroid dienone is 1. The summed E-state index contributed by atoms with van der Waals surface area (Å²) < 4.78 is 13.1. The predicted octanol–water partition coefficient (Wildman–Crippen LogP) is 2.43. The summed E-state index contributed by atoms with van der Waals surface area (Å²) in [6, 6.07) is 3.41. The minimum Gasteiger partial charge on any atom is -0.478 e. The van der Waals surface area contributed by atoms with E-state index in [1.165, 1.54) is 6.07 Å². The molecule has 17 heavy (non-hydrogen) atoms. The number of amides is 1. The van der Waals surface area contributed by atoms with Gasteiger partial charge in [0, 0.05) is 12.1 Å². The normalized spacial score (nSPS) is 9.71. The number of hydrogen-bond acceptors (Lipinski definition) is 2. The molecule has 90 valence electrons. The summed E-state index contributed by atoms with van der Waals surface area (Å²) in [7, 11) is 0. The highest BCUT2D eigenvalue weighted by molar-refractivity contribution is 5.94. The van der Waals surface area contributed by atoms with Crippen molar-refractivity contribution in [2.24, 2.45) is 0 Å². The Bertz CT molecular complexity index is 457. The number of rotatable bonds is 5. The van der Waals surface area contributed by atoms with E-state index in [4.69, 9.17) is 5.11 Å². The maximum Gasteiger partial charge on any atom is 0.338 e. The third-order valence-corrected chi connectivity index (χ3v) is 2.06. The Morgan fingerprint density at radius 1 is 1.47 bits per heavy atom. The molecule has 0 saturated heterocycles. The zero-order valence-electron chi connectivity index (χ0n) is 9.07. The van der Waals surface area contributed by atoms with E-state index < -0.39 is 17.3 Å². The molecular weight excluding hydrogens is 225 g/mol. The van der Waals surface area contributed by atoms with Crippen molar-refractivity contribution < 1.29 is 19.1 Å². The van der Waals surface area contributed by atoms with Gasteiger partial charge in [0.05, 0.1) is 5.56 Å². The quantitative estimate of drug-likeness (QED) is 0.773. The van der Waals surface area contributed by atoms with Crippen LogP contribution in [0.2, 0.25) is 0 Å². The van der Waals surface area contributed by atoms with Crippen LogP contribution in [0.25, 0.3) is 0 Å².